The molecule has 0 spiro atoms. The summed E-state index contributed by atoms with van der Waals surface area (Å²) in [5, 5.41) is 8.39. The standard InChI is InChI=1S/C8H12O2S/c1-8(4-2-6-11-8)5-3-7(9)10/h3,5H,2,4,6H2,1H3,(H,9,10)/b5-3+. The van der Waals surface area contributed by atoms with E-state index in [0.717, 1.165) is 12.2 Å². The van der Waals surface area contributed by atoms with Gasteiger partial charge in [-0.3, -0.25) is 0 Å². The van der Waals surface area contributed by atoms with Crippen molar-refractivity contribution in [3.63, 3.8) is 0 Å². The molecule has 1 saturated heterocycles. The van der Waals surface area contributed by atoms with Gasteiger partial charge in [0.1, 0.15) is 0 Å². The van der Waals surface area contributed by atoms with Crippen molar-refractivity contribution < 1.29 is 9.90 Å². The number of aliphatic carboxylic acids is 1. The molecule has 0 aromatic carbocycles. The van der Waals surface area contributed by atoms with Crippen molar-refractivity contribution >= 4 is 17.7 Å². The van der Waals surface area contributed by atoms with Crippen molar-refractivity contribution in [2.45, 2.75) is 24.5 Å². The maximum atomic E-state index is 10.2. The number of hydrogen-bond donors (Lipinski definition) is 1. The van der Waals surface area contributed by atoms with E-state index in [1.54, 1.807) is 6.08 Å². The topological polar surface area (TPSA) is 37.3 Å². The Morgan fingerprint density at radius 2 is 2.45 bits per heavy atom. The van der Waals surface area contributed by atoms with Crippen molar-refractivity contribution in [3.8, 4) is 0 Å². The summed E-state index contributed by atoms with van der Waals surface area (Å²) < 4.78 is 0.0817. The number of carboxylic acids is 1. The van der Waals surface area contributed by atoms with Gasteiger partial charge < -0.3 is 5.11 Å². The third-order valence-corrected chi connectivity index (χ3v) is 3.32. The molecule has 0 radical (unpaired) electrons. The van der Waals surface area contributed by atoms with Crippen LogP contribution >= 0.6 is 11.8 Å². The van der Waals surface area contributed by atoms with Crippen LogP contribution in [0.4, 0.5) is 0 Å². The minimum atomic E-state index is -0.848. The Hall–Kier alpha value is -0.440. The Bertz CT molecular complexity index is 181. The summed E-state index contributed by atoms with van der Waals surface area (Å²) in [7, 11) is 0. The zero-order chi connectivity index (χ0) is 8.32. The van der Waals surface area contributed by atoms with E-state index >= 15 is 0 Å². The minimum Gasteiger partial charge on any atom is -0.478 e. The summed E-state index contributed by atoms with van der Waals surface area (Å²) >= 11 is 1.84. The largest absolute Gasteiger partial charge is 0.478 e. The summed E-state index contributed by atoms with van der Waals surface area (Å²) in [6, 6.07) is 0. The molecule has 0 saturated carbocycles. The zero-order valence-electron chi connectivity index (χ0n) is 6.54. The number of carbonyl (C=O) groups is 1. The van der Waals surface area contributed by atoms with Gasteiger partial charge >= 0.3 is 5.97 Å². The van der Waals surface area contributed by atoms with E-state index in [1.165, 1.54) is 12.5 Å². The third-order valence-electron chi connectivity index (χ3n) is 1.83. The van der Waals surface area contributed by atoms with Crippen LogP contribution < -0.4 is 0 Å². The second-order valence-electron chi connectivity index (χ2n) is 2.94. The molecule has 1 heterocycles. The van der Waals surface area contributed by atoms with Crippen molar-refractivity contribution in [2.24, 2.45) is 0 Å². The Balaban J connectivity index is 2.52. The molecule has 0 aromatic heterocycles. The lowest BCUT2D eigenvalue weighted by Gasteiger charge is -2.15. The first-order valence-corrected chi connectivity index (χ1v) is 4.67. The maximum absolute atomic E-state index is 10.2. The fourth-order valence-corrected chi connectivity index (χ4v) is 2.39. The highest BCUT2D eigenvalue weighted by Crippen LogP contribution is 2.38. The monoisotopic (exact) mass is 172 g/mol. The Kier molecular flexibility index (Phi) is 2.60. The van der Waals surface area contributed by atoms with Crippen molar-refractivity contribution in [3.05, 3.63) is 12.2 Å². The average Bonchev–Trinajstić information content (AvgIpc) is 2.33. The predicted octanol–water partition coefficient (Wildman–Crippen LogP) is 1.91. The van der Waals surface area contributed by atoms with Gasteiger partial charge in [-0.1, -0.05) is 6.08 Å². The van der Waals surface area contributed by atoms with Gasteiger partial charge in [-0.2, -0.15) is 11.8 Å². The van der Waals surface area contributed by atoms with E-state index in [9.17, 15) is 4.79 Å². The molecule has 1 unspecified atom stereocenters. The van der Waals surface area contributed by atoms with Crippen LogP contribution in [-0.2, 0) is 4.79 Å². The summed E-state index contributed by atoms with van der Waals surface area (Å²) in [6.45, 7) is 2.09. The van der Waals surface area contributed by atoms with Crippen LogP contribution in [-0.4, -0.2) is 21.6 Å². The first-order chi connectivity index (χ1) is 5.12. The molecule has 3 heteroatoms. The van der Waals surface area contributed by atoms with E-state index in [2.05, 4.69) is 6.92 Å². The second-order valence-corrected chi connectivity index (χ2v) is 4.57. The van der Waals surface area contributed by atoms with E-state index in [1.807, 2.05) is 11.8 Å². The van der Waals surface area contributed by atoms with E-state index < -0.39 is 5.97 Å². The molecule has 1 aliphatic heterocycles. The molecule has 2 nitrogen and oxygen atoms in total. The summed E-state index contributed by atoms with van der Waals surface area (Å²) in [6.07, 6.45) is 5.35. The van der Waals surface area contributed by atoms with Gasteiger partial charge in [-0.15, -0.1) is 0 Å². The summed E-state index contributed by atoms with van der Waals surface area (Å²) in [5.74, 6) is 0.305. The number of hydrogen-bond acceptors (Lipinski definition) is 2. The minimum absolute atomic E-state index is 0.0817. The van der Waals surface area contributed by atoms with Crippen molar-refractivity contribution in [1.29, 1.82) is 0 Å². The van der Waals surface area contributed by atoms with Gasteiger partial charge in [0.05, 0.1) is 0 Å². The van der Waals surface area contributed by atoms with Crippen LogP contribution in [0.25, 0.3) is 0 Å². The lowest BCUT2D eigenvalue weighted by Crippen LogP contribution is -2.11. The number of rotatable bonds is 2. The smallest absolute Gasteiger partial charge is 0.328 e. The third kappa shape index (κ3) is 2.58. The number of carboxylic acid groups (broad SMARTS) is 1. The van der Waals surface area contributed by atoms with Gasteiger partial charge in [0, 0.05) is 10.8 Å². The normalized spacial score (nSPS) is 31.4. The SMILES string of the molecule is CC1(/C=C/C(=O)O)CCCS1. The summed E-state index contributed by atoms with van der Waals surface area (Å²) in [4.78, 5) is 10.2. The molecule has 62 valence electrons. The molecule has 0 amide bonds. The highest BCUT2D eigenvalue weighted by molar-refractivity contribution is 8.01. The Morgan fingerprint density at radius 1 is 1.73 bits per heavy atom. The molecule has 0 aliphatic carbocycles. The highest BCUT2D eigenvalue weighted by atomic mass is 32.2. The molecule has 1 rings (SSSR count). The van der Waals surface area contributed by atoms with Gasteiger partial charge in [0.15, 0.2) is 0 Å². The van der Waals surface area contributed by atoms with Crippen LogP contribution in [0.15, 0.2) is 12.2 Å². The van der Waals surface area contributed by atoms with Gasteiger partial charge in [-0.05, 0) is 25.5 Å². The first kappa shape index (κ1) is 8.65. The zero-order valence-corrected chi connectivity index (χ0v) is 7.36. The Labute approximate surface area is 70.7 Å². The fourth-order valence-electron chi connectivity index (χ4n) is 1.18. The van der Waals surface area contributed by atoms with E-state index in [-0.39, 0.29) is 4.75 Å². The van der Waals surface area contributed by atoms with Crippen molar-refractivity contribution in [2.75, 3.05) is 5.75 Å². The molecule has 1 fully saturated rings. The molecule has 1 aliphatic rings. The average molecular weight is 172 g/mol. The van der Waals surface area contributed by atoms with Crippen molar-refractivity contribution in [1.82, 2.24) is 0 Å². The van der Waals surface area contributed by atoms with Gasteiger partial charge in [0.25, 0.3) is 0 Å². The van der Waals surface area contributed by atoms with Crippen LogP contribution in [0, 0.1) is 0 Å². The Morgan fingerprint density at radius 3 is 2.91 bits per heavy atom. The highest BCUT2D eigenvalue weighted by Gasteiger charge is 2.26. The lowest BCUT2D eigenvalue weighted by atomic mass is 10.1. The first-order valence-electron chi connectivity index (χ1n) is 3.68. The second kappa shape index (κ2) is 3.30. The lowest BCUT2D eigenvalue weighted by molar-refractivity contribution is -0.131. The van der Waals surface area contributed by atoms with Crippen LogP contribution in [0.1, 0.15) is 19.8 Å². The van der Waals surface area contributed by atoms with E-state index in [4.69, 9.17) is 5.11 Å². The fraction of sp³-hybridized carbons (Fsp3) is 0.625. The van der Waals surface area contributed by atoms with Gasteiger partial charge in [-0.25, -0.2) is 4.79 Å². The van der Waals surface area contributed by atoms with E-state index in [0.29, 0.717) is 0 Å². The molecular weight excluding hydrogens is 160 g/mol. The predicted molar refractivity (Wildman–Crippen MR) is 46.9 cm³/mol. The number of thioether (sulfide) groups is 1. The molecule has 0 aromatic rings. The molecule has 0 bridgehead atoms. The van der Waals surface area contributed by atoms with Crippen LogP contribution in [0.2, 0.25) is 0 Å². The van der Waals surface area contributed by atoms with Crippen LogP contribution in [0.5, 0.6) is 0 Å². The summed E-state index contributed by atoms with van der Waals surface area (Å²) in [5.41, 5.74) is 0. The van der Waals surface area contributed by atoms with Gasteiger partial charge in [0.2, 0.25) is 0 Å². The molecular formula is C8H12O2S. The molecule has 1 atom stereocenters. The quantitative estimate of drug-likeness (QED) is 0.646. The van der Waals surface area contributed by atoms with Crippen LogP contribution in [0.3, 0.4) is 0 Å². The molecule has 11 heavy (non-hydrogen) atoms. The maximum Gasteiger partial charge on any atom is 0.328 e. The molecule has 1 N–H and O–H groups in total.